The number of amides is 1. The molecule has 1 amide bonds. The number of nitrogens with zero attached hydrogens (tertiary/aromatic N) is 1. The Kier molecular flexibility index (Phi) is 9.14. The summed E-state index contributed by atoms with van der Waals surface area (Å²) < 4.78 is 13.1. The number of rotatable bonds is 6. The minimum atomic E-state index is -0.461. The van der Waals surface area contributed by atoms with Crippen LogP contribution in [0.5, 0.6) is 0 Å². The van der Waals surface area contributed by atoms with Crippen molar-refractivity contribution >= 4 is 29.9 Å². The van der Waals surface area contributed by atoms with Gasteiger partial charge >= 0.3 is 0 Å². The Hall–Kier alpha value is -0.880. The molecule has 3 atom stereocenters. The Labute approximate surface area is 160 Å². The van der Waals surface area contributed by atoms with Crippen molar-refractivity contribution in [2.24, 2.45) is 11.7 Å². The third-order valence-electron chi connectivity index (χ3n) is 4.82. The normalized spacial score (nSPS) is 20.4. The minimum Gasteiger partial charge on any atom is -0.351 e. The first kappa shape index (κ1) is 22.2. The van der Waals surface area contributed by atoms with Crippen LogP contribution in [0.1, 0.15) is 38.7 Å². The number of carbonyl (C=O) groups is 1. The summed E-state index contributed by atoms with van der Waals surface area (Å²) in [5, 5.41) is 3.52. The van der Waals surface area contributed by atoms with Crippen LogP contribution in [-0.2, 0) is 11.3 Å². The fourth-order valence-electron chi connectivity index (χ4n) is 3.02. The summed E-state index contributed by atoms with van der Waals surface area (Å²) in [6, 6.07) is 4.12. The monoisotopic (exact) mass is 391 g/mol. The number of likely N-dealkylation sites (tertiary alicyclic amines) is 1. The molecule has 0 saturated carbocycles. The molecule has 1 aliphatic heterocycles. The zero-order valence-electron chi connectivity index (χ0n) is 14.8. The predicted molar refractivity (Wildman–Crippen MR) is 103 cm³/mol. The summed E-state index contributed by atoms with van der Waals surface area (Å²) >= 11 is 6.11. The van der Waals surface area contributed by atoms with E-state index in [-0.39, 0.29) is 36.1 Å². The average molecular weight is 392 g/mol. The van der Waals surface area contributed by atoms with Gasteiger partial charge in [0.1, 0.15) is 5.82 Å². The molecule has 3 unspecified atom stereocenters. The fraction of sp³-hybridized carbons (Fsp3) is 0.611. The molecule has 25 heavy (non-hydrogen) atoms. The quantitative estimate of drug-likeness (QED) is 0.781. The highest BCUT2D eigenvalue weighted by molar-refractivity contribution is 6.31. The molecule has 1 saturated heterocycles. The fourth-order valence-corrected chi connectivity index (χ4v) is 3.24. The van der Waals surface area contributed by atoms with Crippen LogP contribution >= 0.6 is 24.0 Å². The van der Waals surface area contributed by atoms with Crippen molar-refractivity contribution in [3.8, 4) is 0 Å². The van der Waals surface area contributed by atoms with Gasteiger partial charge in [-0.25, -0.2) is 4.39 Å². The molecule has 2 rings (SSSR count). The van der Waals surface area contributed by atoms with E-state index in [9.17, 15) is 9.18 Å². The summed E-state index contributed by atoms with van der Waals surface area (Å²) in [6.45, 7) is 6.38. The summed E-state index contributed by atoms with van der Waals surface area (Å²) in [7, 11) is 0. The molecule has 0 radical (unpaired) electrons. The molecule has 4 nitrogen and oxygen atoms in total. The van der Waals surface area contributed by atoms with Crippen molar-refractivity contribution in [3.63, 3.8) is 0 Å². The van der Waals surface area contributed by atoms with E-state index in [4.69, 9.17) is 17.3 Å². The van der Waals surface area contributed by atoms with E-state index < -0.39 is 6.04 Å². The summed E-state index contributed by atoms with van der Waals surface area (Å²) in [5.41, 5.74) is 6.91. The second kappa shape index (κ2) is 10.3. The molecule has 0 aliphatic carbocycles. The summed E-state index contributed by atoms with van der Waals surface area (Å²) in [6.07, 6.45) is 2.84. The van der Waals surface area contributed by atoms with E-state index in [1.165, 1.54) is 12.1 Å². The maximum atomic E-state index is 13.1. The molecule has 7 heteroatoms. The zero-order valence-corrected chi connectivity index (χ0v) is 16.4. The number of carbonyl (C=O) groups excluding carboxylic acids is 1. The van der Waals surface area contributed by atoms with Crippen molar-refractivity contribution in [1.29, 1.82) is 0 Å². The number of benzene rings is 1. The van der Waals surface area contributed by atoms with Crippen LogP contribution in [0.3, 0.4) is 0 Å². The smallest absolute Gasteiger partial charge is 0.237 e. The maximum absolute atomic E-state index is 13.1. The van der Waals surface area contributed by atoms with Crippen molar-refractivity contribution in [2.45, 2.75) is 51.7 Å². The number of halogens is 3. The Morgan fingerprint density at radius 2 is 2.24 bits per heavy atom. The van der Waals surface area contributed by atoms with Crippen LogP contribution < -0.4 is 11.1 Å². The van der Waals surface area contributed by atoms with Crippen LogP contribution in [0.2, 0.25) is 5.02 Å². The van der Waals surface area contributed by atoms with E-state index in [0.717, 1.165) is 37.9 Å². The van der Waals surface area contributed by atoms with Crippen molar-refractivity contribution < 1.29 is 9.18 Å². The predicted octanol–water partition coefficient (Wildman–Crippen LogP) is 3.35. The molecule has 1 heterocycles. The lowest BCUT2D eigenvalue weighted by Crippen LogP contribution is -2.53. The molecule has 1 aliphatic rings. The Bertz CT molecular complexity index is 573. The van der Waals surface area contributed by atoms with Crippen molar-refractivity contribution in [2.75, 3.05) is 13.1 Å². The largest absolute Gasteiger partial charge is 0.351 e. The van der Waals surface area contributed by atoms with Gasteiger partial charge in [0.2, 0.25) is 5.91 Å². The first-order valence-electron chi connectivity index (χ1n) is 8.63. The van der Waals surface area contributed by atoms with Crippen molar-refractivity contribution in [1.82, 2.24) is 10.2 Å². The van der Waals surface area contributed by atoms with Gasteiger partial charge in [0, 0.05) is 24.2 Å². The highest BCUT2D eigenvalue weighted by atomic mass is 35.5. The summed E-state index contributed by atoms with van der Waals surface area (Å²) in [4.78, 5) is 14.5. The molecular formula is C18H28Cl2FN3O. The number of hydrogen-bond acceptors (Lipinski definition) is 3. The molecule has 1 fully saturated rings. The number of piperidine rings is 1. The Morgan fingerprint density at radius 1 is 1.52 bits per heavy atom. The number of nitrogens with two attached hydrogens (primary N) is 1. The van der Waals surface area contributed by atoms with Gasteiger partial charge < -0.3 is 11.1 Å². The van der Waals surface area contributed by atoms with E-state index in [0.29, 0.717) is 11.6 Å². The minimum absolute atomic E-state index is 0. The Balaban J connectivity index is 0.00000312. The van der Waals surface area contributed by atoms with Crippen LogP contribution in [0.4, 0.5) is 4.39 Å². The second-order valence-electron chi connectivity index (χ2n) is 6.73. The molecule has 0 aromatic heterocycles. The van der Waals surface area contributed by atoms with Crippen LogP contribution in [-0.4, -0.2) is 36.0 Å². The van der Waals surface area contributed by atoms with Crippen LogP contribution in [0.25, 0.3) is 0 Å². The molecule has 3 N–H and O–H groups in total. The average Bonchev–Trinajstić information content (AvgIpc) is 2.56. The molecular weight excluding hydrogens is 364 g/mol. The summed E-state index contributed by atoms with van der Waals surface area (Å²) in [5.74, 6) is -0.231. The van der Waals surface area contributed by atoms with Gasteiger partial charge in [0.25, 0.3) is 0 Å². The zero-order chi connectivity index (χ0) is 17.7. The second-order valence-corrected chi connectivity index (χ2v) is 7.14. The van der Waals surface area contributed by atoms with Crippen molar-refractivity contribution in [3.05, 3.63) is 34.6 Å². The lowest BCUT2D eigenvalue weighted by Gasteiger charge is -2.34. The van der Waals surface area contributed by atoms with E-state index in [1.54, 1.807) is 6.07 Å². The molecule has 0 bridgehead atoms. The highest BCUT2D eigenvalue weighted by Gasteiger charge is 2.25. The van der Waals surface area contributed by atoms with Gasteiger partial charge in [0.05, 0.1) is 6.04 Å². The lowest BCUT2D eigenvalue weighted by atomic mass is 9.98. The molecule has 142 valence electrons. The lowest BCUT2D eigenvalue weighted by molar-refractivity contribution is -0.124. The van der Waals surface area contributed by atoms with E-state index in [1.807, 2.05) is 13.8 Å². The maximum Gasteiger partial charge on any atom is 0.237 e. The first-order chi connectivity index (χ1) is 11.4. The topological polar surface area (TPSA) is 58.4 Å². The highest BCUT2D eigenvalue weighted by Crippen LogP contribution is 2.21. The Morgan fingerprint density at radius 3 is 2.88 bits per heavy atom. The van der Waals surface area contributed by atoms with Crippen LogP contribution in [0.15, 0.2) is 18.2 Å². The van der Waals surface area contributed by atoms with Crippen LogP contribution in [0, 0.1) is 11.7 Å². The molecule has 1 aromatic rings. The van der Waals surface area contributed by atoms with Gasteiger partial charge in [-0.15, -0.1) is 12.4 Å². The van der Waals surface area contributed by atoms with E-state index in [2.05, 4.69) is 10.2 Å². The third-order valence-corrected chi connectivity index (χ3v) is 5.17. The van der Waals surface area contributed by atoms with Gasteiger partial charge in [-0.05, 0) is 43.0 Å². The SMILES string of the molecule is CCC(C)C(N)C(=O)NC1CCCN(Cc2ccc(F)cc2Cl)C1.Cl. The standard InChI is InChI=1S/C18H27ClFN3O.ClH/c1-3-12(2)17(21)18(24)22-15-5-4-8-23(11-15)10-13-6-7-14(20)9-16(13)19;/h6-7,9,12,15,17H,3-5,8,10-11,21H2,1-2H3,(H,22,24);1H. The van der Waals surface area contributed by atoms with Gasteiger partial charge in [-0.1, -0.05) is 37.9 Å². The molecule has 1 aromatic carbocycles. The van der Waals surface area contributed by atoms with Gasteiger partial charge in [0.15, 0.2) is 0 Å². The van der Waals surface area contributed by atoms with Gasteiger partial charge in [-0.3, -0.25) is 9.69 Å². The number of nitrogens with one attached hydrogen (secondary N) is 1. The first-order valence-corrected chi connectivity index (χ1v) is 9.00. The third kappa shape index (κ3) is 6.41. The molecule has 0 spiro atoms. The van der Waals surface area contributed by atoms with E-state index >= 15 is 0 Å². The number of hydrogen-bond donors (Lipinski definition) is 2. The van der Waals surface area contributed by atoms with Gasteiger partial charge in [-0.2, -0.15) is 0 Å².